The lowest BCUT2D eigenvalue weighted by molar-refractivity contribution is -0.132. The van der Waals surface area contributed by atoms with Crippen LogP contribution in [0.2, 0.25) is 0 Å². The number of esters is 1. The number of Topliss-reactive ketones (excluding diaryl/α,β-unsaturated/α-hetero) is 1. The molecule has 1 unspecified atom stereocenters. The van der Waals surface area contributed by atoms with Gasteiger partial charge in [-0.05, 0) is 49.7 Å². The molecule has 1 aromatic heterocycles. The summed E-state index contributed by atoms with van der Waals surface area (Å²) in [6.07, 6.45) is 1.61. The van der Waals surface area contributed by atoms with Crippen molar-refractivity contribution in [3.05, 3.63) is 82.4 Å². The van der Waals surface area contributed by atoms with Crippen molar-refractivity contribution in [1.29, 1.82) is 0 Å². The Morgan fingerprint density at radius 2 is 1.90 bits per heavy atom. The van der Waals surface area contributed by atoms with Crippen molar-refractivity contribution < 1.29 is 38.4 Å². The van der Waals surface area contributed by atoms with Gasteiger partial charge in [-0.1, -0.05) is 36.1 Å². The Bertz CT molecular complexity index is 1530. The number of carbonyl (C=O) groups excluding carboxylic acids is 3. The maximum Gasteiger partial charge on any atom is 0.350 e. The zero-order valence-corrected chi connectivity index (χ0v) is 22.7. The number of amides is 1. The zero-order valence-electron chi connectivity index (χ0n) is 21.8. The minimum atomic E-state index is -1.04. The highest BCUT2D eigenvalue weighted by molar-refractivity contribution is 7.17. The fourth-order valence-electron chi connectivity index (χ4n) is 4.46. The topological polar surface area (TPSA) is 124 Å². The number of rotatable bonds is 8. The van der Waals surface area contributed by atoms with Crippen molar-refractivity contribution in [2.45, 2.75) is 19.9 Å². The molecule has 0 spiro atoms. The Balaban J connectivity index is 1.64. The molecule has 0 radical (unpaired) electrons. The van der Waals surface area contributed by atoms with Crippen LogP contribution in [-0.4, -0.2) is 54.2 Å². The van der Waals surface area contributed by atoms with Crippen LogP contribution in [0.1, 0.15) is 39.5 Å². The van der Waals surface area contributed by atoms with Crippen LogP contribution < -0.4 is 19.1 Å². The Hall–Kier alpha value is -4.64. The second-order valence-corrected chi connectivity index (χ2v) is 9.81. The molecule has 0 bridgehead atoms. The first-order valence-electron chi connectivity index (χ1n) is 12.5. The molecule has 2 aromatic carbocycles. The number of hydrogen-bond donors (Lipinski definition) is 1. The largest absolute Gasteiger partial charge is 0.507 e. The van der Waals surface area contributed by atoms with E-state index >= 15 is 0 Å². The van der Waals surface area contributed by atoms with Crippen LogP contribution in [0.5, 0.6) is 17.2 Å². The van der Waals surface area contributed by atoms with Gasteiger partial charge in [0.25, 0.3) is 5.78 Å². The van der Waals surface area contributed by atoms with Crippen molar-refractivity contribution >= 4 is 39.9 Å². The number of fused-ring (bicyclic) bond motifs is 1. The van der Waals surface area contributed by atoms with Crippen LogP contribution in [0.15, 0.2) is 60.7 Å². The Morgan fingerprint density at radius 1 is 1.18 bits per heavy atom. The second-order valence-electron chi connectivity index (χ2n) is 8.83. The van der Waals surface area contributed by atoms with E-state index in [1.165, 1.54) is 4.90 Å². The van der Waals surface area contributed by atoms with Gasteiger partial charge in [0.1, 0.15) is 36.2 Å². The van der Waals surface area contributed by atoms with Gasteiger partial charge in [0.2, 0.25) is 0 Å². The van der Waals surface area contributed by atoms with E-state index in [2.05, 4.69) is 11.6 Å². The molecule has 1 atom stereocenters. The van der Waals surface area contributed by atoms with Gasteiger partial charge in [0, 0.05) is 5.56 Å². The van der Waals surface area contributed by atoms with E-state index in [-0.39, 0.29) is 33.5 Å². The van der Waals surface area contributed by atoms with Crippen molar-refractivity contribution in [3.8, 4) is 17.2 Å². The normalized spacial score (nSPS) is 17.6. The first kappa shape index (κ1) is 26.9. The summed E-state index contributed by atoms with van der Waals surface area (Å²) in [6, 6.07) is 10.5. The van der Waals surface area contributed by atoms with Gasteiger partial charge in [-0.15, -0.1) is 0 Å². The summed E-state index contributed by atoms with van der Waals surface area (Å²) in [5, 5.41) is 11.6. The number of carbonyl (C=O) groups is 3. The molecule has 2 aliphatic heterocycles. The van der Waals surface area contributed by atoms with Gasteiger partial charge in [-0.3, -0.25) is 14.5 Å². The lowest BCUT2D eigenvalue weighted by Crippen LogP contribution is -2.29. The summed E-state index contributed by atoms with van der Waals surface area (Å²) in [7, 11) is 0. The molecule has 0 saturated carbocycles. The molecular formula is C29H26N2O8S. The average molecular weight is 563 g/mol. The number of ketones is 1. The Kier molecular flexibility index (Phi) is 7.56. The average Bonchev–Trinajstić information content (AvgIpc) is 3.48. The van der Waals surface area contributed by atoms with Crippen molar-refractivity contribution in [1.82, 2.24) is 4.98 Å². The van der Waals surface area contributed by atoms with Crippen molar-refractivity contribution in [2.24, 2.45) is 0 Å². The predicted octanol–water partition coefficient (Wildman–Crippen LogP) is 4.59. The van der Waals surface area contributed by atoms with E-state index in [4.69, 9.17) is 18.9 Å². The number of anilines is 1. The number of aliphatic hydroxyl groups excluding tert-OH is 1. The quantitative estimate of drug-likeness (QED) is 0.138. The van der Waals surface area contributed by atoms with Crippen LogP contribution in [0.25, 0.3) is 5.76 Å². The number of aromatic nitrogens is 1. The molecular weight excluding hydrogens is 536 g/mol. The SMILES string of the molecule is C=CCOc1ccc(C2C(=C(O)c3ccc4c(c3)OCCO4)C(=O)C(=O)N2c2nc(C)c(C(=O)OCC)s2)cc1. The van der Waals surface area contributed by atoms with E-state index in [9.17, 15) is 19.5 Å². The highest BCUT2D eigenvalue weighted by Crippen LogP contribution is 2.45. The van der Waals surface area contributed by atoms with Gasteiger partial charge in [0.05, 0.1) is 23.9 Å². The maximum absolute atomic E-state index is 13.5. The van der Waals surface area contributed by atoms with Crippen LogP contribution in [0.3, 0.4) is 0 Å². The van der Waals surface area contributed by atoms with Gasteiger partial charge in [-0.2, -0.15) is 0 Å². The molecule has 5 rings (SSSR count). The van der Waals surface area contributed by atoms with E-state index in [0.29, 0.717) is 48.3 Å². The summed E-state index contributed by atoms with van der Waals surface area (Å²) in [4.78, 5) is 45.3. The molecule has 206 valence electrons. The minimum Gasteiger partial charge on any atom is -0.507 e. The molecule has 3 heterocycles. The summed E-state index contributed by atoms with van der Waals surface area (Å²) in [5.41, 5.74) is 1.03. The lowest BCUT2D eigenvalue weighted by atomic mass is 9.95. The number of nitrogens with zero attached hydrogens (tertiary/aromatic N) is 2. The molecule has 0 aliphatic carbocycles. The first-order chi connectivity index (χ1) is 19.3. The monoisotopic (exact) mass is 562 g/mol. The fourth-order valence-corrected chi connectivity index (χ4v) is 5.45. The number of benzene rings is 2. The predicted molar refractivity (Wildman–Crippen MR) is 147 cm³/mol. The molecule has 1 saturated heterocycles. The second kappa shape index (κ2) is 11.2. The number of thiazole rings is 1. The van der Waals surface area contributed by atoms with Gasteiger partial charge in [0.15, 0.2) is 16.6 Å². The Labute approximate surface area is 234 Å². The van der Waals surface area contributed by atoms with Gasteiger partial charge >= 0.3 is 11.9 Å². The first-order valence-corrected chi connectivity index (χ1v) is 13.3. The van der Waals surface area contributed by atoms with Crippen molar-refractivity contribution in [2.75, 3.05) is 31.3 Å². The highest BCUT2D eigenvalue weighted by atomic mass is 32.1. The minimum absolute atomic E-state index is 0.126. The van der Waals surface area contributed by atoms with E-state index in [0.717, 1.165) is 11.3 Å². The molecule has 1 N–H and O–H groups in total. The third-order valence-electron chi connectivity index (χ3n) is 6.28. The van der Waals surface area contributed by atoms with Crippen LogP contribution in [0, 0.1) is 6.92 Å². The third-order valence-corrected chi connectivity index (χ3v) is 7.41. The number of aliphatic hydroxyl groups is 1. The molecule has 11 heteroatoms. The number of aryl methyl sites for hydroxylation is 1. The zero-order chi connectivity index (χ0) is 28.4. The maximum atomic E-state index is 13.5. The van der Waals surface area contributed by atoms with E-state index in [1.807, 2.05) is 0 Å². The molecule has 3 aromatic rings. The number of ether oxygens (including phenoxy) is 4. The molecule has 40 heavy (non-hydrogen) atoms. The smallest absolute Gasteiger partial charge is 0.350 e. The van der Waals surface area contributed by atoms with Crippen LogP contribution in [0.4, 0.5) is 5.13 Å². The summed E-state index contributed by atoms with van der Waals surface area (Å²) in [5.74, 6) is -1.25. The van der Waals surface area contributed by atoms with Crippen LogP contribution in [-0.2, 0) is 14.3 Å². The summed E-state index contributed by atoms with van der Waals surface area (Å²) >= 11 is 0.942. The fraction of sp³-hybridized carbons (Fsp3) is 0.241. The van der Waals surface area contributed by atoms with E-state index < -0.39 is 23.7 Å². The van der Waals surface area contributed by atoms with Gasteiger partial charge in [-0.25, -0.2) is 9.78 Å². The summed E-state index contributed by atoms with van der Waals surface area (Å²) in [6.45, 7) is 8.17. The van der Waals surface area contributed by atoms with Crippen LogP contribution >= 0.6 is 11.3 Å². The van der Waals surface area contributed by atoms with E-state index in [1.54, 1.807) is 62.4 Å². The third kappa shape index (κ3) is 4.91. The molecule has 1 fully saturated rings. The van der Waals surface area contributed by atoms with Crippen molar-refractivity contribution in [3.63, 3.8) is 0 Å². The molecule has 2 aliphatic rings. The molecule has 10 nitrogen and oxygen atoms in total. The highest BCUT2D eigenvalue weighted by Gasteiger charge is 2.48. The Morgan fingerprint density at radius 3 is 2.60 bits per heavy atom. The number of hydrogen-bond acceptors (Lipinski definition) is 10. The summed E-state index contributed by atoms with van der Waals surface area (Å²) < 4.78 is 21.9. The standard InChI is InChI=1S/C29H26N2O8S/c1-4-12-37-19-9-6-17(7-10-19)23-22(24(32)18-8-11-20-21(15-18)39-14-13-38-20)25(33)27(34)31(23)29-30-16(3)26(40-29)28(35)36-5-2/h4,6-11,15,23,32H,1,5,12-14H2,2-3H3. The lowest BCUT2D eigenvalue weighted by Gasteiger charge is -2.23. The van der Waals surface area contributed by atoms with Gasteiger partial charge < -0.3 is 24.1 Å². The molecule has 1 amide bonds.